The molecule has 0 aliphatic carbocycles. The van der Waals surface area contributed by atoms with E-state index in [1.54, 1.807) is 19.1 Å². The van der Waals surface area contributed by atoms with Crippen LogP contribution in [0.15, 0.2) is 23.1 Å². The number of ether oxygens (including phenoxy) is 1. The highest BCUT2D eigenvalue weighted by Crippen LogP contribution is 2.29. The Kier molecular flexibility index (Phi) is 5.49. The molecule has 16 heavy (non-hydrogen) atoms. The number of halogens is 1. The van der Waals surface area contributed by atoms with Gasteiger partial charge in [-0.1, -0.05) is 11.6 Å². The number of nitrogens with two attached hydrogens (primary N) is 1. The van der Waals surface area contributed by atoms with Crippen molar-refractivity contribution in [2.75, 3.05) is 18.1 Å². The second kappa shape index (κ2) is 6.66. The maximum absolute atomic E-state index is 11.1. The number of carbonyl (C=O) groups excluding carboxylic acids is 1. The molecular formula is C11H14ClNO2S. The Hall–Kier alpha value is -0.870. The zero-order valence-corrected chi connectivity index (χ0v) is 10.6. The molecule has 0 unspecified atom stereocenters. The summed E-state index contributed by atoms with van der Waals surface area (Å²) in [6, 6.07) is 5.35. The molecule has 1 aromatic rings. The zero-order valence-electron chi connectivity index (χ0n) is 9.03. The van der Waals surface area contributed by atoms with Gasteiger partial charge in [-0.15, -0.1) is 11.8 Å². The Labute approximate surface area is 104 Å². The quantitative estimate of drug-likeness (QED) is 0.502. The first-order valence-corrected chi connectivity index (χ1v) is 6.33. The average Bonchev–Trinajstić information content (AvgIpc) is 2.22. The van der Waals surface area contributed by atoms with Crippen LogP contribution in [0.1, 0.15) is 13.3 Å². The number of hydrogen-bond acceptors (Lipinski definition) is 4. The fourth-order valence-corrected chi connectivity index (χ4v) is 2.31. The van der Waals surface area contributed by atoms with Crippen LogP contribution in [0.4, 0.5) is 5.69 Å². The lowest BCUT2D eigenvalue weighted by molar-refractivity contribution is -0.142. The first kappa shape index (κ1) is 13.2. The van der Waals surface area contributed by atoms with Crippen molar-refractivity contribution < 1.29 is 9.53 Å². The van der Waals surface area contributed by atoms with Gasteiger partial charge in [-0.05, 0) is 25.1 Å². The van der Waals surface area contributed by atoms with Gasteiger partial charge in [0, 0.05) is 16.3 Å². The summed E-state index contributed by atoms with van der Waals surface area (Å²) in [7, 11) is 0. The summed E-state index contributed by atoms with van der Waals surface area (Å²) in [5.41, 5.74) is 6.21. The van der Waals surface area contributed by atoms with Crippen LogP contribution >= 0.6 is 23.4 Å². The van der Waals surface area contributed by atoms with E-state index in [-0.39, 0.29) is 5.97 Å². The van der Waals surface area contributed by atoms with Crippen LogP contribution in [-0.2, 0) is 9.53 Å². The van der Waals surface area contributed by atoms with Crippen LogP contribution < -0.4 is 5.73 Å². The summed E-state index contributed by atoms with van der Waals surface area (Å²) in [4.78, 5) is 12.0. The highest BCUT2D eigenvalue weighted by Gasteiger charge is 2.05. The highest BCUT2D eigenvalue weighted by molar-refractivity contribution is 7.99. The van der Waals surface area contributed by atoms with E-state index in [0.29, 0.717) is 29.5 Å². The number of benzene rings is 1. The number of carbonyl (C=O) groups is 1. The molecule has 0 aliphatic heterocycles. The Balaban J connectivity index is 2.40. The number of thioether (sulfide) groups is 1. The third-order valence-corrected chi connectivity index (χ3v) is 3.33. The van der Waals surface area contributed by atoms with E-state index >= 15 is 0 Å². The minimum absolute atomic E-state index is 0.179. The Morgan fingerprint density at radius 1 is 1.56 bits per heavy atom. The molecule has 0 amide bonds. The van der Waals surface area contributed by atoms with Crippen molar-refractivity contribution in [3.63, 3.8) is 0 Å². The number of rotatable bonds is 5. The summed E-state index contributed by atoms with van der Waals surface area (Å²) in [6.07, 6.45) is 0.388. The maximum Gasteiger partial charge on any atom is 0.306 e. The van der Waals surface area contributed by atoms with E-state index in [1.807, 2.05) is 6.07 Å². The minimum Gasteiger partial charge on any atom is -0.466 e. The third kappa shape index (κ3) is 4.33. The number of esters is 1. The molecule has 0 radical (unpaired) electrons. The first-order valence-electron chi connectivity index (χ1n) is 4.97. The molecule has 0 aromatic heterocycles. The molecule has 0 saturated carbocycles. The Morgan fingerprint density at radius 2 is 2.31 bits per heavy atom. The fraction of sp³-hybridized carbons (Fsp3) is 0.364. The predicted molar refractivity (Wildman–Crippen MR) is 67.8 cm³/mol. The lowest BCUT2D eigenvalue weighted by Crippen LogP contribution is -2.04. The normalized spacial score (nSPS) is 10.1. The van der Waals surface area contributed by atoms with Crippen LogP contribution in [0.5, 0.6) is 0 Å². The molecule has 1 aromatic carbocycles. The van der Waals surface area contributed by atoms with Crippen LogP contribution in [-0.4, -0.2) is 18.3 Å². The standard InChI is InChI=1S/C11H14ClNO2S/c1-2-15-11(14)5-6-16-10-4-3-8(13)7-9(10)12/h3-4,7H,2,5-6,13H2,1H3. The van der Waals surface area contributed by atoms with E-state index in [9.17, 15) is 4.79 Å². The van der Waals surface area contributed by atoms with Crippen molar-refractivity contribution in [2.45, 2.75) is 18.2 Å². The molecule has 0 fully saturated rings. The lowest BCUT2D eigenvalue weighted by Gasteiger charge is -2.04. The van der Waals surface area contributed by atoms with E-state index in [1.165, 1.54) is 11.8 Å². The molecule has 88 valence electrons. The van der Waals surface area contributed by atoms with Crippen molar-refractivity contribution in [1.82, 2.24) is 0 Å². The van der Waals surface area contributed by atoms with Crippen LogP contribution in [0.25, 0.3) is 0 Å². The van der Waals surface area contributed by atoms with E-state index in [4.69, 9.17) is 22.1 Å². The van der Waals surface area contributed by atoms with Gasteiger partial charge in [0.25, 0.3) is 0 Å². The molecule has 0 heterocycles. The van der Waals surface area contributed by atoms with Gasteiger partial charge in [0.15, 0.2) is 0 Å². The van der Waals surface area contributed by atoms with Gasteiger partial charge in [0.05, 0.1) is 18.1 Å². The molecule has 2 N–H and O–H groups in total. The minimum atomic E-state index is -0.179. The Morgan fingerprint density at radius 3 is 2.94 bits per heavy atom. The lowest BCUT2D eigenvalue weighted by atomic mass is 10.3. The molecule has 5 heteroatoms. The second-order valence-corrected chi connectivity index (χ2v) is 4.64. The van der Waals surface area contributed by atoms with Gasteiger partial charge in [0.2, 0.25) is 0 Å². The largest absolute Gasteiger partial charge is 0.466 e. The van der Waals surface area contributed by atoms with Gasteiger partial charge in [-0.25, -0.2) is 0 Å². The molecular weight excluding hydrogens is 246 g/mol. The van der Waals surface area contributed by atoms with Gasteiger partial charge in [-0.3, -0.25) is 4.79 Å². The smallest absolute Gasteiger partial charge is 0.306 e. The number of anilines is 1. The predicted octanol–water partition coefficient (Wildman–Crippen LogP) is 2.97. The summed E-state index contributed by atoms with van der Waals surface area (Å²) in [6.45, 7) is 2.22. The van der Waals surface area contributed by atoms with Crippen molar-refractivity contribution in [3.8, 4) is 0 Å². The van der Waals surface area contributed by atoms with Crippen molar-refractivity contribution in [1.29, 1.82) is 0 Å². The van der Waals surface area contributed by atoms with Crippen LogP contribution in [0.2, 0.25) is 5.02 Å². The third-order valence-electron chi connectivity index (χ3n) is 1.83. The van der Waals surface area contributed by atoms with E-state index in [2.05, 4.69) is 0 Å². The Bertz CT molecular complexity index is 371. The van der Waals surface area contributed by atoms with Gasteiger partial charge in [-0.2, -0.15) is 0 Å². The fourth-order valence-electron chi connectivity index (χ4n) is 1.11. The van der Waals surface area contributed by atoms with Crippen LogP contribution in [0.3, 0.4) is 0 Å². The summed E-state index contributed by atoms with van der Waals surface area (Å²) in [5, 5.41) is 0.619. The SMILES string of the molecule is CCOC(=O)CCSc1ccc(N)cc1Cl. The highest BCUT2D eigenvalue weighted by atomic mass is 35.5. The van der Waals surface area contributed by atoms with Crippen molar-refractivity contribution in [2.24, 2.45) is 0 Å². The second-order valence-electron chi connectivity index (χ2n) is 3.09. The monoisotopic (exact) mass is 259 g/mol. The maximum atomic E-state index is 11.1. The van der Waals surface area contributed by atoms with Gasteiger partial charge in [0.1, 0.15) is 0 Å². The summed E-state index contributed by atoms with van der Waals surface area (Å²) in [5.74, 6) is 0.476. The van der Waals surface area contributed by atoms with E-state index in [0.717, 1.165) is 4.90 Å². The van der Waals surface area contributed by atoms with Gasteiger partial charge >= 0.3 is 5.97 Å². The molecule has 1 rings (SSSR count). The average molecular weight is 260 g/mol. The van der Waals surface area contributed by atoms with Crippen molar-refractivity contribution >= 4 is 35.0 Å². The van der Waals surface area contributed by atoms with Gasteiger partial charge < -0.3 is 10.5 Å². The first-order chi connectivity index (χ1) is 7.63. The van der Waals surface area contributed by atoms with E-state index < -0.39 is 0 Å². The molecule has 0 saturated heterocycles. The topological polar surface area (TPSA) is 52.3 Å². The molecule has 0 bridgehead atoms. The van der Waals surface area contributed by atoms with Crippen LogP contribution in [0, 0.1) is 0 Å². The van der Waals surface area contributed by atoms with Crippen molar-refractivity contribution in [3.05, 3.63) is 23.2 Å². The molecule has 0 spiro atoms. The molecule has 0 atom stereocenters. The molecule has 3 nitrogen and oxygen atoms in total. The summed E-state index contributed by atoms with van der Waals surface area (Å²) >= 11 is 7.51. The molecule has 0 aliphatic rings. The number of nitrogen functional groups attached to an aromatic ring is 1. The number of hydrogen-bond donors (Lipinski definition) is 1. The zero-order chi connectivity index (χ0) is 12.0. The summed E-state index contributed by atoms with van der Waals surface area (Å²) < 4.78 is 4.82.